The zero-order valence-electron chi connectivity index (χ0n) is 11.3. The first-order chi connectivity index (χ1) is 9.63. The number of benzene rings is 1. The van der Waals surface area contributed by atoms with Gasteiger partial charge in [0.1, 0.15) is 5.82 Å². The largest absolute Gasteiger partial charge is 0.375 e. The molecule has 1 fully saturated rings. The van der Waals surface area contributed by atoms with Crippen LogP contribution in [0.4, 0.5) is 15.2 Å². The minimum absolute atomic E-state index is 0.196. The van der Waals surface area contributed by atoms with Crippen molar-refractivity contribution in [3.63, 3.8) is 0 Å². The summed E-state index contributed by atoms with van der Waals surface area (Å²) in [4.78, 5) is 8.53. The number of aromatic nitrogens is 1. The Labute approximate surface area is 121 Å². The van der Waals surface area contributed by atoms with Gasteiger partial charge in [-0.15, -0.1) is 11.3 Å². The third-order valence-corrected chi connectivity index (χ3v) is 4.28. The van der Waals surface area contributed by atoms with E-state index in [4.69, 9.17) is 5.73 Å². The van der Waals surface area contributed by atoms with Crippen molar-refractivity contribution in [1.29, 1.82) is 0 Å². The van der Waals surface area contributed by atoms with Crippen molar-refractivity contribution in [2.45, 2.75) is 0 Å². The first kappa shape index (κ1) is 13.3. The molecule has 2 N–H and O–H groups in total. The third-order valence-electron chi connectivity index (χ3n) is 3.61. The van der Waals surface area contributed by atoms with E-state index in [1.54, 1.807) is 6.07 Å². The van der Waals surface area contributed by atoms with Crippen molar-refractivity contribution < 1.29 is 4.39 Å². The molecule has 0 unspecified atom stereocenters. The molecule has 0 saturated carbocycles. The normalized spacial score (nSPS) is 16.6. The molecule has 6 heteroatoms. The maximum atomic E-state index is 14.3. The summed E-state index contributed by atoms with van der Waals surface area (Å²) < 4.78 is 14.3. The van der Waals surface area contributed by atoms with E-state index in [2.05, 4.69) is 21.8 Å². The van der Waals surface area contributed by atoms with Crippen LogP contribution in [0.3, 0.4) is 0 Å². The van der Waals surface area contributed by atoms with Gasteiger partial charge in [-0.3, -0.25) is 0 Å². The number of halogens is 1. The number of rotatable bonds is 2. The molecule has 1 aromatic carbocycles. The molecule has 0 atom stereocenters. The predicted molar refractivity (Wildman–Crippen MR) is 81.6 cm³/mol. The number of piperazine rings is 1. The van der Waals surface area contributed by atoms with Crippen molar-refractivity contribution in [3.05, 3.63) is 29.4 Å². The Morgan fingerprint density at radius 3 is 2.60 bits per heavy atom. The molecule has 1 aromatic heterocycles. The maximum Gasteiger partial charge on any atom is 0.180 e. The smallest absolute Gasteiger partial charge is 0.180 e. The fraction of sp³-hybridized carbons (Fsp3) is 0.357. The number of hydrogen-bond acceptors (Lipinski definition) is 5. The van der Waals surface area contributed by atoms with Gasteiger partial charge in [0.2, 0.25) is 0 Å². The lowest BCUT2D eigenvalue weighted by molar-refractivity contribution is 0.311. The molecule has 2 aromatic rings. The minimum Gasteiger partial charge on any atom is -0.375 e. The van der Waals surface area contributed by atoms with Crippen LogP contribution in [0.15, 0.2) is 23.6 Å². The zero-order valence-corrected chi connectivity index (χ0v) is 12.2. The SMILES string of the molecule is CN1CCN(c2ccc(-c3csc(N)n3)cc2F)CC1. The molecular weight excluding hydrogens is 275 g/mol. The van der Waals surface area contributed by atoms with Crippen LogP contribution >= 0.6 is 11.3 Å². The Morgan fingerprint density at radius 2 is 2.00 bits per heavy atom. The molecule has 1 aliphatic rings. The molecule has 4 nitrogen and oxygen atoms in total. The molecule has 0 amide bonds. The van der Waals surface area contributed by atoms with Crippen molar-refractivity contribution >= 4 is 22.2 Å². The van der Waals surface area contributed by atoms with Crippen LogP contribution in [0.1, 0.15) is 0 Å². The maximum absolute atomic E-state index is 14.3. The number of nitrogens with zero attached hydrogens (tertiary/aromatic N) is 3. The third kappa shape index (κ3) is 2.62. The van der Waals surface area contributed by atoms with Gasteiger partial charge in [0.05, 0.1) is 11.4 Å². The Kier molecular flexibility index (Phi) is 3.58. The lowest BCUT2D eigenvalue weighted by Gasteiger charge is -2.34. The van der Waals surface area contributed by atoms with Crippen molar-refractivity contribution in [1.82, 2.24) is 9.88 Å². The molecule has 1 saturated heterocycles. The number of likely N-dealkylation sites (N-methyl/N-ethyl adjacent to an activating group) is 1. The molecule has 3 rings (SSSR count). The van der Waals surface area contributed by atoms with Crippen LogP contribution in [0, 0.1) is 5.82 Å². The van der Waals surface area contributed by atoms with Gasteiger partial charge >= 0.3 is 0 Å². The van der Waals surface area contributed by atoms with Crippen LogP contribution in [-0.4, -0.2) is 43.1 Å². The minimum atomic E-state index is -0.196. The standard InChI is InChI=1S/C14H17FN4S/c1-18-4-6-19(7-5-18)13-3-2-10(8-11(13)15)12-9-20-14(16)17-12/h2-3,8-9H,4-7H2,1H3,(H2,16,17). The van der Waals surface area contributed by atoms with Crippen LogP contribution in [0.5, 0.6) is 0 Å². The molecule has 20 heavy (non-hydrogen) atoms. The van der Waals surface area contributed by atoms with E-state index in [0.29, 0.717) is 10.8 Å². The second-order valence-electron chi connectivity index (χ2n) is 5.03. The molecular formula is C14H17FN4S. The fourth-order valence-electron chi connectivity index (χ4n) is 2.39. The predicted octanol–water partition coefficient (Wildman–Crippen LogP) is 2.28. The Hall–Kier alpha value is -1.66. The van der Waals surface area contributed by atoms with Gasteiger partial charge in [-0.2, -0.15) is 0 Å². The van der Waals surface area contributed by atoms with Crippen LogP contribution in [0.25, 0.3) is 11.3 Å². The lowest BCUT2D eigenvalue weighted by Crippen LogP contribution is -2.44. The Balaban J connectivity index is 1.84. The van der Waals surface area contributed by atoms with E-state index in [-0.39, 0.29) is 5.82 Å². The number of nitrogen functional groups attached to an aromatic ring is 1. The number of nitrogens with two attached hydrogens (primary N) is 1. The molecule has 0 bridgehead atoms. The molecule has 0 radical (unpaired) electrons. The summed E-state index contributed by atoms with van der Waals surface area (Å²) in [6, 6.07) is 5.29. The molecule has 0 aliphatic carbocycles. The number of anilines is 2. The Bertz CT molecular complexity index is 605. The van der Waals surface area contributed by atoms with Gasteiger partial charge in [0.15, 0.2) is 5.13 Å². The second kappa shape index (κ2) is 5.38. The van der Waals surface area contributed by atoms with Gasteiger partial charge in [0.25, 0.3) is 0 Å². The van der Waals surface area contributed by atoms with Gasteiger partial charge in [-0.1, -0.05) is 6.07 Å². The van der Waals surface area contributed by atoms with E-state index in [1.165, 1.54) is 11.3 Å². The van der Waals surface area contributed by atoms with Crippen molar-refractivity contribution in [2.75, 3.05) is 43.9 Å². The summed E-state index contributed by atoms with van der Waals surface area (Å²) in [6.45, 7) is 3.64. The molecule has 0 spiro atoms. The van der Waals surface area contributed by atoms with Crippen molar-refractivity contribution in [3.8, 4) is 11.3 Å². The van der Waals surface area contributed by atoms with Gasteiger partial charge in [-0.25, -0.2) is 9.37 Å². The highest BCUT2D eigenvalue weighted by molar-refractivity contribution is 7.13. The fourth-order valence-corrected chi connectivity index (χ4v) is 2.96. The average Bonchev–Trinajstić information content (AvgIpc) is 2.87. The highest BCUT2D eigenvalue weighted by atomic mass is 32.1. The molecule has 1 aliphatic heterocycles. The monoisotopic (exact) mass is 292 g/mol. The first-order valence-electron chi connectivity index (χ1n) is 6.58. The van der Waals surface area contributed by atoms with E-state index in [1.807, 2.05) is 17.5 Å². The summed E-state index contributed by atoms with van der Waals surface area (Å²) in [6.07, 6.45) is 0. The highest BCUT2D eigenvalue weighted by Crippen LogP contribution is 2.28. The lowest BCUT2D eigenvalue weighted by atomic mass is 10.1. The first-order valence-corrected chi connectivity index (χ1v) is 7.46. The average molecular weight is 292 g/mol. The summed E-state index contributed by atoms with van der Waals surface area (Å²) in [7, 11) is 2.09. The summed E-state index contributed by atoms with van der Waals surface area (Å²) in [5, 5.41) is 2.35. The molecule has 2 heterocycles. The zero-order chi connectivity index (χ0) is 14.1. The summed E-state index contributed by atoms with van der Waals surface area (Å²) >= 11 is 1.37. The van der Waals surface area contributed by atoms with E-state index in [9.17, 15) is 4.39 Å². The number of hydrogen-bond donors (Lipinski definition) is 1. The highest BCUT2D eigenvalue weighted by Gasteiger charge is 2.17. The number of thiazole rings is 1. The topological polar surface area (TPSA) is 45.4 Å². The van der Waals surface area contributed by atoms with Crippen LogP contribution in [-0.2, 0) is 0 Å². The summed E-state index contributed by atoms with van der Waals surface area (Å²) in [5.74, 6) is -0.196. The second-order valence-corrected chi connectivity index (χ2v) is 5.92. The van der Waals surface area contributed by atoms with Gasteiger partial charge in [-0.05, 0) is 19.2 Å². The van der Waals surface area contributed by atoms with E-state index < -0.39 is 0 Å². The summed E-state index contributed by atoms with van der Waals surface area (Å²) in [5.41, 5.74) is 7.79. The van der Waals surface area contributed by atoms with Gasteiger partial charge < -0.3 is 15.5 Å². The van der Waals surface area contributed by atoms with Crippen LogP contribution in [0.2, 0.25) is 0 Å². The van der Waals surface area contributed by atoms with E-state index >= 15 is 0 Å². The molecule has 106 valence electrons. The van der Waals surface area contributed by atoms with Crippen molar-refractivity contribution in [2.24, 2.45) is 0 Å². The Morgan fingerprint density at radius 1 is 1.25 bits per heavy atom. The van der Waals surface area contributed by atoms with E-state index in [0.717, 1.165) is 37.4 Å². The van der Waals surface area contributed by atoms with Crippen LogP contribution < -0.4 is 10.6 Å². The van der Waals surface area contributed by atoms with Gasteiger partial charge in [0, 0.05) is 37.1 Å². The quantitative estimate of drug-likeness (QED) is 0.922.